The first-order chi connectivity index (χ1) is 13.5. The molecule has 0 spiro atoms. The number of fused-ring (bicyclic) bond motifs is 1. The Morgan fingerprint density at radius 3 is 2.82 bits per heavy atom. The molecule has 1 aliphatic rings. The van der Waals surface area contributed by atoms with Gasteiger partial charge in [-0.05, 0) is 48.9 Å². The molecule has 3 aromatic rings. The summed E-state index contributed by atoms with van der Waals surface area (Å²) in [6.45, 7) is -1.11. The van der Waals surface area contributed by atoms with E-state index in [2.05, 4.69) is 20.3 Å². The van der Waals surface area contributed by atoms with Crippen molar-refractivity contribution in [3.63, 3.8) is 0 Å². The number of amides is 1. The molecule has 144 valence electrons. The Kier molecular flexibility index (Phi) is 4.56. The zero-order valence-corrected chi connectivity index (χ0v) is 14.7. The molecule has 2 N–H and O–H groups in total. The molecule has 0 bridgehead atoms. The van der Waals surface area contributed by atoms with Crippen LogP contribution in [-0.4, -0.2) is 29.5 Å². The zero-order chi connectivity index (χ0) is 19.7. The number of hydrogen-bond acceptors (Lipinski definition) is 5. The highest BCUT2D eigenvalue weighted by Crippen LogP contribution is 2.35. The summed E-state index contributed by atoms with van der Waals surface area (Å²) in [4.78, 5) is 12.5. The number of halogens is 2. The van der Waals surface area contributed by atoms with Gasteiger partial charge in [0.2, 0.25) is 6.79 Å². The van der Waals surface area contributed by atoms with Crippen molar-refractivity contribution in [1.82, 2.24) is 10.2 Å². The number of aromatic nitrogens is 2. The second-order valence-electron chi connectivity index (χ2n) is 6.07. The highest BCUT2D eigenvalue weighted by atomic mass is 19.3. The molecule has 2 aromatic carbocycles. The zero-order valence-electron chi connectivity index (χ0n) is 14.7. The summed E-state index contributed by atoms with van der Waals surface area (Å²) in [5, 5.41) is 9.32. The van der Waals surface area contributed by atoms with Crippen molar-refractivity contribution >= 4 is 11.6 Å². The lowest BCUT2D eigenvalue weighted by molar-refractivity contribution is -0.0494. The molecule has 0 saturated carbocycles. The van der Waals surface area contributed by atoms with Crippen molar-refractivity contribution in [3.05, 3.63) is 53.7 Å². The average molecular weight is 387 g/mol. The molecule has 0 saturated heterocycles. The SMILES string of the molecule is Cc1ccc(NC(=O)c2cc(-c3ccc4c(c3)OCO4)n[nH]2)c(OC(F)F)c1. The number of benzene rings is 2. The third kappa shape index (κ3) is 3.59. The number of nitrogens with one attached hydrogen (secondary N) is 2. The van der Waals surface area contributed by atoms with E-state index in [1.54, 1.807) is 37.3 Å². The second kappa shape index (κ2) is 7.18. The van der Waals surface area contributed by atoms with Gasteiger partial charge in [0.1, 0.15) is 11.4 Å². The number of alkyl halides is 2. The molecular weight excluding hydrogens is 372 g/mol. The van der Waals surface area contributed by atoms with Crippen LogP contribution >= 0.6 is 0 Å². The van der Waals surface area contributed by atoms with Crippen molar-refractivity contribution in [3.8, 4) is 28.5 Å². The van der Waals surface area contributed by atoms with Crippen molar-refractivity contribution in [1.29, 1.82) is 0 Å². The van der Waals surface area contributed by atoms with E-state index in [0.29, 0.717) is 17.2 Å². The van der Waals surface area contributed by atoms with Gasteiger partial charge in [0.25, 0.3) is 5.91 Å². The molecule has 9 heteroatoms. The van der Waals surface area contributed by atoms with E-state index in [-0.39, 0.29) is 23.9 Å². The van der Waals surface area contributed by atoms with Crippen LogP contribution in [-0.2, 0) is 0 Å². The molecule has 1 aromatic heterocycles. The summed E-state index contributed by atoms with van der Waals surface area (Å²) in [5.41, 5.74) is 2.28. The first-order valence-electron chi connectivity index (χ1n) is 8.32. The first kappa shape index (κ1) is 17.8. The Bertz CT molecular complexity index is 1040. The number of carbonyl (C=O) groups is 1. The molecule has 7 nitrogen and oxygen atoms in total. The fraction of sp³-hybridized carbons (Fsp3) is 0.158. The summed E-state index contributed by atoms with van der Waals surface area (Å²) in [6, 6.07) is 11.5. The van der Waals surface area contributed by atoms with Gasteiger partial charge in [0.15, 0.2) is 11.5 Å². The lowest BCUT2D eigenvalue weighted by Crippen LogP contribution is -2.14. The molecular formula is C19H15F2N3O4. The predicted octanol–water partition coefficient (Wildman–Crippen LogP) is 3.97. The van der Waals surface area contributed by atoms with Gasteiger partial charge >= 0.3 is 6.61 Å². The van der Waals surface area contributed by atoms with Gasteiger partial charge < -0.3 is 19.5 Å². The quantitative estimate of drug-likeness (QED) is 0.692. The molecule has 1 amide bonds. The molecule has 0 aliphatic carbocycles. The smallest absolute Gasteiger partial charge is 0.387 e. The van der Waals surface area contributed by atoms with E-state index >= 15 is 0 Å². The number of aromatic amines is 1. The number of nitrogens with zero attached hydrogens (tertiary/aromatic N) is 1. The van der Waals surface area contributed by atoms with Crippen molar-refractivity contribution in [2.75, 3.05) is 12.1 Å². The van der Waals surface area contributed by atoms with Crippen LogP contribution in [0.3, 0.4) is 0 Å². The monoisotopic (exact) mass is 387 g/mol. The second-order valence-corrected chi connectivity index (χ2v) is 6.07. The van der Waals surface area contributed by atoms with Gasteiger partial charge in [0, 0.05) is 5.56 Å². The molecule has 0 unspecified atom stereocenters. The molecule has 28 heavy (non-hydrogen) atoms. The van der Waals surface area contributed by atoms with Gasteiger partial charge in [0.05, 0.1) is 11.4 Å². The average Bonchev–Trinajstić information content (AvgIpc) is 3.31. The van der Waals surface area contributed by atoms with E-state index in [9.17, 15) is 13.6 Å². The summed E-state index contributed by atoms with van der Waals surface area (Å²) >= 11 is 0. The van der Waals surface area contributed by atoms with Crippen LogP contribution in [0.5, 0.6) is 17.2 Å². The van der Waals surface area contributed by atoms with Gasteiger partial charge in [-0.25, -0.2) is 0 Å². The largest absolute Gasteiger partial charge is 0.454 e. The third-order valence-electron chi connectivity index (χ3n) is 4.09. The Morgan fingerprint density at radius 1 is 1.18 bits per heavy atom. The van der Waals surface area contributed by atoms with Gasteiger partial charge in [-0.15, -0.1) is 0 Å². The lowest BCUT2D eigenvalue weighted by atomic mass is 10.1. The highest BCUT2D eigenvalue weighted by molar-refractivity contribution is 6.04. The summed E-state index contributed by atoms with van der Waals surface area (Å²) in [6.07, 6.45) is 0. The van der Waals surface area contributed by atoms with E-state index in [0.717, 1.165) is 11.1 Å². The Balaban J connectivity index is 1.54. The molecule has 4 rings (SSSR count). The Labute approximate surface area is 158 Å². The molecule has 0 radical (unpaired) electrons. The number of aryl methyl sites for hydroxylation is 1. The van der Waals surface area contributed by atoms with Crippen molar-refractivity contribution < 1.29 is 27.8 Å². The number of hydrogen-bond donors (Lipinski definition) is 2. The van der Waals surface area contributed by atoms with E-state index in [4.69, 9.17) is 9.47 Å². The Morgan fingerprint density at radius 2 is 2.00 bits per heavy atom. The number of anilines is 1. The van der Waals surface area contributed by atoms with Crippen LogP contribution in [0.1, 0.15) is 16.1 Å². The fourth-order valence-electron chi connectivity index (χ4n) is 2.76. The van der Waals surface area contributed by atoms with E-state index < -0.39 is 12.5 Å². The Hall–Kier alpha value is -3.62. The van der Waals surface area contributed by atoms with Crippen molar-refractivity contribution in [2.24, 2.45) is 0 Å². The van der Waals surface area contributed by atoms with Crippen LogP contribution < -0.4 is 19.5 Å². The fourth-order valence-corrected chi connectivity index (χ4v) is 2.76. The van der Waals surface area contributed by atoms with Crippen molar-refractivity contribution in [2.45, 2.75) is 13.5 Å². The van der Waals surface area contributed by atoms with Crippen LogP contribution in [0.25, 0.3) is 11.3 Å². The molecule has 1 aliphatic heterocycles. The highest BCUT2D eigenvalue weighted by Gasteiger charge is 2.18. The minimum Gasteiger partial charge on any atom is -0.454 e. The third-order valence-corrected chi connectivity index (χ3v) is 4.09. The summed E-state index contributed by atoms with van der Waals surface area (Å²) < 4.78 is 40.3. The first-order valence-corrected chi connectivity index (χ1v) is 8.32. The van der Waals surface area contributed by atoms with E-state index in [1.165, 1.54) is 12.1 Å². The minimum absolute atomic E-state index is 0.112. The maximum absolute atomic E-state index is 12.6. The summed E-state index contributed by atoms with van der Waals surface area (Å²) in [5.74, 6) is 0.587. The van der Waals surface area contributed by atoms with Crippen LogP contribution in [0, 0.1) is 6.92 Å². The van der Waals surface area contributed by atoms with Crippen LogP contribution in [0.15, 0.2) is 42.5 Å². The van der Waals surface area contributed by atoms with Gasteiger partial charge in [-0.1, -0.05) is 6.07 Å². The van der Waals surface area contributed by atoms with Gasteiger partial charge in [-0.3, -0.25) is 9.89 Å². The lowest BCUT2D eigenvalue weighted by Gasteiger charge is -2.12. The summed E-state index contributed by atoms with van der Waals surface area (Å²) in [7, 11) is 0. The number of ether oxygens (including phenoxy) is 3. The van der Waals surface area contributed by atoms with E-state index in [1.807, 2.05) is 0 Å². The van der Waals surface area contributed by atoms with Crippen LogP contribution in [0.2, 0.25) is 0 Å². The number of carbonyl (C=O) groups excluding carboxylic acids is 1. The number of rotatable bonds is 5. The molecule has 0 atom stereocenters. The predicted molar refractivity (Wildman–Crippen MR) is 95.9 cm³/mol. The van der Waals surface area contributed by atoms with Gasteiger partial charge in [-0.2, -0.15) is 13.9 Å². The normalized spacial score (nSPS) is 12.3. The maximum atomic E-state index is 12.6. The standard InChI is InChI=1S/C19H15F2N3O4/c1-10-2-4-12(16(6-10)28-19(20)21)22-18(25)14-8-13(23-24-14)11-3-5-15-17(7-11)27-9-26-15/h2-8,19H,9H2,1H3,(H,22,25)(H,23,24). The maximum Gasteiger partial charge on any atom is 0.387 e. The number of H-pyrrole nitrogens is 1. The topological polar surface area (TPSA) is 85.5 Å². The molecule has 2 heterocycles. The molecule has 0 fully saturated rings. The minimum atomic E-state index is -3.00. The van der Waals surface area contributed by atoms with Crippen LogP contribution in [0.4, 0.5) is 14.5 Å².